The fourth-order valence-electron chi connectivity index (χ4n) is 2.40. The molecule has 4 rings (SSSR count). The summed E-state index contributed by atoms with van der Waals surface area (Å²) in [4.78, 5) is 4.46. The summed E-state index contributed by atoms with van der Waals surface area (Å²) < 4.78 is 32.4. The van der Waals surface area contributed by atoms with Gasteiger partial charge in [-0.2, -0.15) is 5.10 Å². The minimum Gasteiger partial charge on any atom is -0.463 e. The molecule has 0 radical (unpaired) electrons. The van der Waals surface area contributed by atoms with Crippen LogP contribution in [0.3, 0.4) is 0 Å². The van der Waals surface area contributed by atoms with Gasteiger partial charge in [-0.25, -0.2) is 17.9 Å². The van der Waals surface area contributed by atoms with E-state index in [-0.39, 0.29) is 15.4 Å². The van der Waals surface area contributed by atoms with Gasteiger partial charge in [0.1, 0.15) is 10.6 Å². The van der Waals surface area contributed by atoms with Crippen LogP contribution >= 0.6 is 0 Å². The molecule has 0 spiro atoms. The molecule has 23 heavy (non-hydrogen) atoms. The van der Waals surface area contributed by atoms with E-state index in [1.54, 1.807) is 61.0 Å². The second kappa shape index (κ2) is 5.06. The van der Waals surface area contributed by atoms with Crippen LogP contribution in [0.25, 0.3) is 17.1 Å². The molecule has 3 heterocycles. The first-order valence-corrected chi connectivity index (χ1v) is 8.33. The molecular weight excluding hydrogens is 314 g/mol. The molecule has 0 aliphatic carbocycles. The highest BCUT2D eigenvalue weighted by molar-refractivity contribution is 7.91. The highest BCUT2D eigenvalue weighted by atomic mass is 32.2. The van der Waals surface area contributed by atoms with Crippen molar-refractivity contribution in [3.63, 3.8) is 0 Å². The summed E-state index contributed by atoms with van der Waals surface area (Å²) in [5, 5.41) is 4.18. The molecule has 1 aromatic carbocycles. The second-order valence-electron chi connectivity index (χ2n) is 4.87. The topological polar surface area (TPSA) is 77.5 Å². The number of hydrogen-bond acceptors (Lipinski definition) is 5. The fourth-order valence-corrected chi connectivity index (χ4v) is 3.73. The summed E-state index contributed by atoms with van der Waals surface area (Å²) in [5.41, 5.74) is 0.900. The van der Waals surface area contributed by atoms with Gasteiger partial charge in [0.25, 0.3) is 0 Å². The molecule has 0 atom stereocenters. The van der Waals surface area contributed by atoms with E-state index in [2.05, 4.69) is 10.1 Å². The lowest BCUT2D eigenvalue weighted by molar-refractivity contribution is 0.577. The van der Waals surface area contributed by atoms with Crippen LogP contribution in [0.5, 0.6) is 0 Å². The third-order valence-corrected chi connectivity index (χ3v) is 5.25. The number of rotatable bonds is 3. The van der Waals surface area contributed by atoms with E-state index in [9.17, 15) is 8.42 Å². The third-order valence-electron chi connectivity index (χ3n) is 3.49. The minimum absolute atomic E-state index is 0.0668. The molecule has 6 nitrogen and oxygen atoms in total. The summed E-state index contributed by atoms with van der Waals surface area (Å²) in [7, 11) is -3.68. The zero-order chi connectivity index (χ0) is 15.9. The summed E-state index contributed by atoms with van der Waals surface area (Å²) in [6.45, 7) is 0. The number of hydrogen-bond donors (Lipinski definition) is 0. The molecule has 0 amide bonds. The highest BCUT2D eigenvalue weighted by Crippen LogP contribution is 2.26. The number of benzene rings is 1. The molecule has 0 aliphatic rings. The van der Waals surface area contributed by atoms with E-state index < -0.39 is 9.84 Å². The Morgan fingerprint density at radius 2 is 1.83 bits per heavy atom. The predicted octanol–water partition coefficient (Wildman–Crippen LogP) is 2.82. The average molecular weight is 325 g/mol. The predicted molar refractivity (Wildman–Crippen MR) is 82.6 cm³/mol. The van der Waals surface area contributed by atoms with Gasteiger partial charge in [0, 0.05) is 6.20 Å². The third kappa shape index (κ3) is 2.13. The number of aromatic nitrogens is 3. The van der Waals surface area contributed by atoms with Crippen molar-refractivity contribution < 1.29 is 12.8 Å². The molecule has 0 fully saturated rings. The van der Waals surface area contributed by atoms with Crippen molar-refractivity contribution in [2.75, 3.05) is 0 Å². The van der Waals surface area contributed by atoms with Crippen molar-refractivity contribution in [2.45, 2.75) is 9.79 Å². The summed E-state index contributed by atoms with van der Waals surface area (Å²) in [6, 6.07) is 13.5. The molecule has 114 valence electrons. The van der Waals surface area contributed by atoms with Crippen molar-refractivity contribution in [1.29, 1.82) is 0 Å². The van der Waals surface area contributed by atoms with Crippen molar-refractivity contribution in [3.8, 4) is 11.5 Å². The zero-order valence-corrected chi connectivity index (χ0v) is 12.6. The Morgan fingerprint density at radius 3 is 2.57 bits per heavy atom. The SMILES string of the molecule is O=S(=O)(c1ccccc1)c1cnn2c(-c3ccco3)ccnc12. The van der Waals surface area contributed by atoms with Gasteiger partial charge in [-0.1, -0.05) is 18.2 Å². The van der Waals surface area contributed by atoms with Crippen LogP contribution in [0, 0.1) is 0 Å². The van der Waals surface area contributed by atoms with Gasteiger partial charge in [-0.15, -0.1) is 0 Å². The lowest BCUT2D eigenvalue weighted by Gasteiger charge is -2.03. The van der Waals surface area contributed by atoms with Gasteiger partial charge >= 0.3 is 0 Å². The first-order chi connectivity index (χ1) is 11.2. The van der Waals surface area contributed by atoms with Crippen molar-refractivity contribution >= 4 is 15.5 Å². The lowest BCUT2D eigenvalue weighted by atomic mass is 10.3. The summed E-state index contributed by atoms with van der Waals surface area (Å²) in [5.74, 6) is 0.587. The maximum Gasteiger partial charge on any atom is 0.211 e. The van der Waals surface area contributed by atoms with Gasteiger partial charge in [0.15, 0.2) is 11.4 Å². The van der Waals surface area contributed by atoms with E-state index in [4.69, 9.17) is 4.42 Å². The molecular formula is C16H11N3O3S. The van der Waals surface area contributed by atoms with E-state index in [0.717, 1.165) is 0 Å². The van der Waals surface area contributed by atoms with Crippen LogP contribution in [-0.2, 0) is 9.84 Å². The van der Waals surface area contributed by atoms with E-state index in [1.165, 1.54) is 10.7 Å². The summed E-state index contributed by atoms with van der Waals surface area (Å²) >= 11 is 0. The number of nitrogens with zero attached hydrogens (tertiary/aromatic N) is 3. The highest BCUT2D eigenvalue weighted by Gasteiger charge is 2.24. The zero-order valence-electron chi connectivity index (χ0n) is 11.8. The summed E-state index contributed by atoms with van der Waals surface area (Å²) in [6.07, 6.45) is 4.41. The molecule has 0 saturated heterocycles. The molecule has 7 heteroatoms. The van der Waals surface area contributed by atoms with E-state index in [0.29, 0.717) is 11.5 Å². The van der Waals surface area contributed by atoms with Gasteiger partial charge in [0.05, 0.1) is 17.4 Å². The molecule has 0 bridgehead atoms. The van der Waals surface area contributed by atoms with Crippen molar-refractivity contribution in [2.24, 2.45) is 0 Å². The van der Waals surface area contributed by atoms with Crippen LogP contribution in [-0.4, -0.2) is 23.0 Å². The van der Waals surface area contributed by atoms with Gasteiger partial charge in [0.2, 0.25) is 9.84 Å². The molecule has 0 N–H and O–H groups in total. The quantitative estimate of drug-likeness (QED) is 0.579. The Labute approximate surface area is 131 Å². The van der Waals surface area contributed by atoms with Crippen LogP contribution in [0.2, 0.25) is 0 Å². The fraction of sp³-hybridized carbons (Fsp3) is 0. The molecule has 0 aliphatic heterocycles. The molecule has 0 unspecified atom stereocenters. The Morgan fingerprint density at radius 1 is 1.00 bits per heavy atom. The Bertz CT molecular complexity index is 1070. The first kappa shape index (κ1) is 13.7. The molecule has 0 saturated carbocycles. The smallest absolute Gasteiger partial charge is 0.211 e. The number of sulfone groups is 1. The normalized spacial score (nSPS) is 11.8. The molecule has 3 aromatic heterocycles. The van der Waals surface area contributed by atoms with Crippen LogP contribution < -0.4 is 0 Å². The second-order valence-corrected chi connectivity index (χ2v) is 6.79. The van der Waals surface area contributed by atoms with Gasteiger partial charge in [-0.3, -0.25) is 0 Å². The van der Waals surface area contributed by atoms with Gasteiger partial charge in [-0.05, 0) is 30.3 Å². The van der Waals surface area contributed by atoms with Crippen LogP contribution in [0.4, 0.5) is 0 Å². The van der Waals surface area contributed by atoms with Gasteiger partial charge < -0.3 is 4.42 Å². The first-order valence-electron chi connectivity index (χ1n) is 6.85. The van der Waals surface area contributed by atoms with E-state index >= 15 is 0 Å². The van der Waals surface area contributed by atoms with Crippen LogP contribution in [0.1, 0.15) is 0 Å². The Balaban J connectivity index is 1.96. The van der Waals surface area contributed by atoms with Crippen molar-refractivity contribution in [1.82, 2.24) is 14.6 Å². The van der Waals surface area contributed by atoms with Crippen LogP contribution in [0.15, 0.2) is 81.4 Å². The minimum atomic E-state index is -3.68. The monoisotopic (exact) mass is 325 g/mol. The molecule has 4 aromatic rings. The Hall–Kier alpha value is -2.93. The number of fused-ring (bicyclic) bond motifs is 1. The maximum atomic E-state index is 12.8. The average Bonchev–Trinajstić information content (AvgIpc) is 3.25. The Kier molecular flexibility index (Phi) is 3.02. The van der Waals surface area contributed by atoms with Crippen molar-refractivity contribution in [3.05, 3.63) is 67.2 Å². The maximum absolute atomic E-state index is 12.8. The number of furan rings is 1. The lowest BCUT2D eigenvalue weighted by Crippen LogP contribution is -2.03. The standard InChI is InChI=1S/C16H11N3O3S/c20-23(21,12-5-2-1-3-6-12)15-11-18-19-13(8-9-17-16(15)19)14-7-4-10-22-14/h1-11H. The largest absolute Gasteiger partial charge is 0.463 e. The van der Waals surface area contributed by atoms with E-state index in [1.807, 2.05) is 0 Å².